The third-order valence-corrected chi connectivity index (χ3v) is 2.66. The second-order valence-electron chi connectivity index (χ2n) is 3.65. The molecule has 6 heteroatoms. The van der Waals surface area contributed by atoms with Gasteiger partial charge in [0.2, 0.25) is 0 Å². The molecule has 0 radical (unpaired) electrons. The van der Waals surface area contributed by atoms with E-state index in [-0.39, 0.29) is 16.5 Å². The Labute approximate surface area is 107 Å². The van der Waals surface area contributed by atoms with Crippen molar-refractivity contribution in [3.05, 3.63) is 46.5 Å². The van der Waals surface area contributed by atoms with Crippen LogP contribution in [0.3, 0.4) is 0 Å². The van der Waals surface area contributed by atoms with E-state index in [1.54, 1.807) is 13.0 Å². The van der Waals surface area contributed by atoms with Crippen LogP contribution in [0, 0.1) is 12.7 Å². The summed E-state index contributed by atoms with van der Waals surface area (Å²) in [6.45, 7) is 1.76. The van der Waals surface area contributed by atoms with Gasteiger partial charge in [-0.25, -0.2) is 19.2 Å². The lowest BCUT2D eigenvalue weighted by Gasteiger charge is -2.06. The van der Waals surface area contributed by atoms with Gasteiger partial charge in [0.05, 0.1) is 11.2 Å². The van der Waals surface area contributed by atoms with E-state index in [2.05, 4.69) is 9.97 Å². The number of aromatic carboxylic acids is 1. The number of aryl methyl sites for hydroxylation is 1. The molecule has 0 unspecified atom stereocenters. The van der Waals surface area contributed by atoms with E-state index in [0.717, 1.165) is 5.56 Å². The zero-order valence-electron chi connectivity index (χ0n) is 9.32. The molecule has 4 nitrogen and oxygen atoms in total. The van der Waals surface area contributed by atoms with Crippen LogP contribution in [0.4, 0.5) is 4.39 Å². The first-order valence-electron chi connectivity index (χ1n) is 5.01. The minimum Gasteiger partial charge on any atom is -0.476 e. The van der Waals surface area contributed by atoms with E-state index in [9.17, 15) is 9.18 Å². The molecule has 1 aromatic heterocycles. The number of carbonyl (C=O) groups is 1. The van der Waals surface area contributed by atoms with Crippen molar-refractivity contribution in [2.75, 3.05) is 0 Å². The molecular formula is C12H8ClFN2O2. The smallest absolute Gasteiger partial charge is 0.356 e. The van der Waals surface area contributed by atoms with Crippen molar-refractivity contribution in [1.82, 2.24) is 9.97 Å². The maximum Gasteiger partial charge on any atom is 0.356 e. The maximum absolute atomic E-state index is 13.2. The monoisotopic (exact) mass is 266 g/mol. The van der Waals surface area contributed by atoms with E-state index in [1.807, 2.05) is 0 Å². The van der Waals surface area contributed by atoms with Crippen LogP contribution >= 0.6 is 11.6 Å². The van der Waals surface area contributed by atoms with E-state index < -0.39 is 11.8 Å². The Balaban J connectivity index is 2.61. The second kappa shape index (κ2) is 4.70. The highest BCUT2D eigenvalue weighted by Crippen LogP contribution is 2.23. The Kier molecular flexibility index (Phi) is 3.25. The van der Waals surface area contributed by atoms with E-state index in [4.69, 9.17) is 16.7 Å². The average Bonchev–Trinajstić information content (AvgIpc) is 2.33. The van der Waals surface area contributed by atoms with Gasteiger partial charge in [-0.15, -0.1) is 0 Å². The average molecular weight is 267 g/mol. The van der Waals surface area contributed by atoms with Crippen molar-refractivity contribution >= 4 is 17.6 Å². The molecule has 0 fully saturated rings. The summed E-state index contributed by atoms with van der Waals surface area (Å²) in [5, 5.41) is 8.86. The van der Waals surface area contributed by atoms with Gasteiger partial charge in [-0.05, 0) is 24.6 Å². The summed E-state index contributed by atoms with van der Waals surface area (Å²) in [4.78, 5) is 18.7. The van der Waals surface area contributed by atoms with Crippen LogP contribution < -0.4 is 0 Å². The Bertz CT molecular complexity index is 631. The van der Waals surface area contributed by atoms with Crippen LogP contribution in [0.5, 0.6) is 0 Å². The van der Waals surface area contributed by atoms with Gasteiger partial charge in [0.1, 0.15) is 5.82 Å². The number of halogens is 2. The highest BCUT2D eigenvalue weighted by Gasteiger charge is 2.14. The van der Waals surface area contributed by atoms with Crippen molar-refractivity contribution < 1.29 is 14.3 Å². The van der Waals surface area contributed by atoms with Crippen molar-refractivity contribution in [1.29, 1.82) is 0 Å². The number of nitrogens with zero attached hydrogens (tertiary/aromatic N) is 2. The summed E-state index contributed by atoms with van der Waals surface area (Å²) < 4.78 is 13.2. The van der Waals surface area contributed by atoms with Gasteiger partial charge in [-0.1, -0.05) is 17.7 Å². The Morgan fingerprint density at radius 2 is 2.17 bits per heavy atom. The van der Waals surface area contributed by atoms with Gasteiger partial charge in [0.25, 0.3) is 0 Å². The first-order chi connectivity index (χ1) is 8.49. The van der Waals surface area contributed by atoms with Crippen LogP contribution in [0.2, 0.25) is 5.02 Å². The molecule has 0 aliphatic rings. The summed E-state index contributed by atoms with van der Waals surface area (Å²) in [6, 6.07) is 4.14. The third-order valence-electron chi connectivity index (χ3n) is 2.39. The lowest BCUT2D eigenvalue weighted by atomic mass is 10.1. The second-order valence-corrected chi connectivity index (χ2v) is 4.06. The summed E-state index contributed by atoms with van der Waals surface area (Å²) in [6.07, 6.45) is 1.19. The van der Waals surface area contributed by atoms with Crippen LogP contribution in [-0.4, -0.2) is 21.0 Å². The molecule has 0 aliphatic heterocycles. The van der Waals surface area contributed by atoms with Crippen molar-refractivity contribution in [3.63, 3.8) is 0 Å². The number of carboxylic acid groups (broad SMARTS) is 1. The van der Waals surface area contributed by atoms with E-state index in [1.165, 1.54) is 18.3 Å². The molecule has 18 heavy (non-hydrogen) atoms. The molecule has 0 saturated carbocycles. The largest absolute Gasteiger partial charge is 0.476 e. The fourth-order valence-corrected chi connectivity index (χ4v) is 1.65. The van der Waals surface area contributed by atoms with Crippen LogP contribution in [0.15, 0.2) is 24.4 Å². The molecule has 1 heterocycles. The molecule has 1 N–H and O–H groups in total. The Hall–Kier alpha value is -2.01. The molecule has 92 valence electrons. The standard InChI is InChI=1S/C12H8ClFN2O2/c1-6-2-3-7(14)4-8(6)11-15-5-9(13)10(16-11)12(17)18/h2-5H,1H3,(H,17,18). The maximum atomic E-state index is 13.2. The Morgan fingerprint density at radius 1 is 1.44 bits per heavy atom. The van der Waals surface area contributed by atoms with Gasteiger partial charge < -0.3 is 5.11 Å². The van der Waals surface area contributed by atoms with Crippen molar-refractivity contribution in [2.45, 2.75) is 6.92 Å². The number of rotatable bonds is 2. The number of aromatic nitrogens is 2. The molecule has 0 spiro atoms. The van der Waals surface area contributed by atoms with Gasteiger partial charge in [0.15, 0.2) is 11.5 Å². The SMILES string of the molecule is Cc1ccc(F)cc1-c1ncc(Cl)c(C(=O)O)n1. The predicted octanol–water partition coefficient (Wildman–Crippen LogP) is 2.94. The van der Waals surface area contributed by atoms with Gasteiger partial charge in [0, 0.05) is 5.56 Å². The fourth-order valence-electron chi connectivity index (χ4n) is 1.48. The van der Waals surface area contributed by atoms with Crippen LogP contribution in [0.25, 0.3) is 11.4 Å². The van der Waals surface area contributed by atoms with Gasteiger partial charge in [-0.3, -0.25) is 0 Å². The zero-order chi connectivity index (χ0) is 13.3. The lowest BCUT2D eigenvalue weighted by molar-refractivity contribution is 0.0690. The highest BCUT2D eigenvalue weighted by molar-refractivity contribution is 6.33. The van der Waals surface area contributed by atoms with Gasteiger partial charge in [-0.2, -0.15) is 0 Å². The number of hydrogen-bond donors (Lipinski definition) is 1. The minimum atomic E-state index is -1.25. The molecule has 2 aromatic rings. The lowest BCUT2D eigenvalue weighted by Crippen LogP contribution is -2.04. The first kappa shape index (κ1) is 12.4. The topological polar surface area (TPSA) is 63.1 Å². The summed E-state index contributed by atoms with van der Waals surface area (Å²) in [7, 11) is 0. The molecule has 0 saturated heterocycles. The molecule has 2 rings (SSSR count). The zero-order valence-corrected chi connectivity index (χ0v) is 10.1. The number of benzene rings is 1. The van der Waals surface area contributed by atoms with Gasteiger partial charge >= 0.3 is 5.97 Å². The number of carboxylic acids is 1. The van der Waals surface area contributed by atoms with Crippen molar-refractivity contribution in [3.8, 4) is 11.4 Å². The molecule has 0 bridgehead atoms. The van der Waals surface area contributed by atoms with E-state index >= 15 is 0 Å². The quantitative estimate of drug-likeness (QED) is 0.908. The first-order valence-corrected chi connectivity index (χ1v) is 5.39. The molecule has 0 atom stereocenters. The number of hydrogen-bond acceptors (Lipinski definition) is 3. The normalized spacial score (nSPS) is 10.4. The summed E-state index contributed by atoms with van der Waals surface area (Å²) in [5.41, 5.74) is 0.884. The Morgan fingerprint density at radius 3 is 2.83 bits per heavy atom. The molecule has 0 aliphatic carbocycles. The minimum absolute atomic E-state index is 0.0553. The molecule has 0 amide bonds. The fraction of sp³-hybridized carbons (Fsp3) is 0.0833. The molecular weight excluding hydrogens is 259 g/mol. The summed E-state index contributed by atoms with van der Waals surface area (Å²) in [5.74, 6) is -1.56. The highest BCUT2D eigenvalue weighted by atomic mass is 35.5. The van der Waals surface area contributed by atoms with Crippen LogP contribution in [0.1, 0.15) is 16.1 Å². The van der Waals surface area contributed by atoms with Crippen LogP contribution in [-0.2, 0) is 0 Å². The van der Waals surface area contributed by atoms with Crippen molar-refractivity contribution in [2.24, 2.45) is 0 Å². The molecule has 1 aromatic carbocycles. The summed E-state index contributed by atoms with van der Waals surface area (Å²) >= 11 is 5.67. The third kappa shape index (κ3) is 2.31. The predicted molar refractivity (Wildman–Crippen MR) is 64.1 cm³/mol. The van der Waals surface area contributed by atoms with E-state index in [0.29, 0.717) is 5.56 Å².